The van der Waals surface area contributed by atoms with Gasteiger partial charge in [-0.25, -0.2) is 9.79 Å². The van der Waals surface area contributed by atoms with Crippen LogP contribution in [0.15, 0.2) is 41.4 Å². The second-order valence-corrected chi connectivity index (χ2v) is 6.50. The van der Waals surface area contributed by atoms with Crippen LogP contribution in [0.4, 0.5) is 5.69 Å². The maximum absolute atomic E-state index is 11.7. The van der Waals surface area contributed by atoms with E-state index in [4.69, 9.17) is 15.2 Å². The van der Waals surface area contributed by atoms with Gasteiger partial charge in [0.25, 0.3) is 0 Å². The van der Waals surface area contributed by atoms with Crippen LogP contribution in [-0.4, -0.2) is 26.1 Å². The molecule has 6 nitrogen and oxygen atoms in total. The highest BCUT2D eigenvalue weighted by molar-refractivity contribution is 5.93. The number of nitrogens with one attached hydrogen (secondary N) is 1. The van der Waals surface area contributed by atoms with Crippen molar-refractivity contribution in [2.24, 2.45) is 10.7 Å². The summed E-state index contributed by atoms with van der Waals surface area (Å²) in [6, 6.07) is 11.5. The number of nitrogens with zero attached hydrogens (tertiary/aromatic N) is 1. The molecule has 6 heteroatoms. The molecular formula is C21H25N3O3. The Labute approximate surface area is 159 Å². The quantitative estimate of drug-likeness (QED) is 0.481. The number of ether oxygens (including phenoxy) is 2. The highest BCUT2D eigenvalue weighted by Crippen LogP contribution is 2.27. The molecule has 0 unspecified atom stereocenters. The molecule has 1 aliphatic rings. The second-order valence-electron chi connectivity index (χ2n) is 6.50. The summed E-state index contributed by atoms with van der Waals surface area (Å²) in [5.41, 5.74) is 11.1. The lowest BCUT2D eigenvalue weighted by Gasteiger charge is -2.19. The minimum Gasteiger partial charge on any atom is -0.496 e. The molecule has 3 N–H and O–H groups in total. The van der Waals surface area contributed by atoms with Crippen molar-refractivity contribution in [3.63, 3.8) is 0 Å². The van der Waals surface area contributed by atoms with Gasteiger partial charge in [-0.05, 0) is 60.6 Å². The Kier molecular flexibility index (Phi) is 5.96. The SMILES string of the molecule is COC(=O)c1ccc(CN=C(N)Nc2cccc3c2CCCC3)cc1OC. The Morgan fingerprint density at radius 1 is 1.19 bits per heavy atom. The van der Waals surface area contributed by atoms with Crippen molar-refractivity contribution in [3.05, 3.63) is 58.7 Å². The molecule has 0 spiro atoms. The van der Waals surface area contributed by atoms with Crippen molar-refractivity contribution in [2.75, 3.05) is 19.5 Å². The first kappa shape index (κ1) is 18.8. The van der Waals surface area contributed by atoms with Gasteiger partial charge in [-0.2, -0.15) is 0 Å². The Balaban J connectivity index is 1.72. The van der Waals surface area contributed by atoms with Gasteiger partial charge in [-0.15, -0.1) is 0 Å². The topological polar surface area (TPSA) is 85.9 Å². The maximum atomic E-state index is 11.7. The van der Waals surface area contributed by atoms with Crippen LogP contribution >= 0.6 is 0 Å². The number of hydrogen-bond donors (Lipinski definition) is 2. The highest BCUT2D eigenvalue weighted by Gasteiger charge is 2.14. The van der Waals surface area contributed by atoms with E-state index >= 15 is 0 Å². The molecule has 2 aromatic rings. The molecule has 0 aliphatic heterocycles. The Hall–Kier alpha value is -3.02. The van der Waals surface area contributed by atoms with E-state index in [1.165, 1.54) is 38.2 Å². The number of carbonyl (C=O) groups is 1. The number of carbonyl (C=O) groups excluding carboxylic acids is 1. The van der Waals surface area contributed by atoms with Gasteiger partial charge in [0.15, 0.2) is 5.96 Å². The average Bonchev–Trinajstić information content (AvgIpc) is 2.71. The molecule has 1 aliphatic carbocycles. The maximum Gasteiger partial charge on any atom is 0.341 e. The lowest BCUT2D eigenvalue weighted by Crippen LogP contribution is -2.24. The normalized spacial score (nSPS) is 13.6. The van der Waals surface area contributed by atoms with Crippen LogP contribution < -0.4 is 15.8 Å². The van der Waals surface area contributed by atoms with Crippen molar-refractivity contribution in [3.8, 4) is 5.75 Å². The molecule has 0 atom stereocenters. The zero-order valence-electron chi connectivity index (χ0n) is 15.7. The van der Waals surface area contributed by atoms with Crippen LogP contribution in [0, 0.1) is 0 Å². The molecule has 142 valence electrons. The number of fused-ring (bicyclic) bond motifs is 1. The number of benzene rings is 2. The van der Waals surface area contributed by atoms with Crippen molar-refractivity contribution >= 4 is 17.6 Å². The minimum atomic E-state index is -0.433. The molecular weight excluding hydrogens is 342 g/mol. The minimum absolute atomic E-state index is 0.366. The summed E-state index contributed by atoms with van der Waals surface area (Å²) in [6.07, 6.45) is 4.63. The zero-order chi connectivity index (χ0) is 19.2. The molecule has 0 amide bonds. The van der Waals surface area contributed by atoms with Crippen LogP contribution in [0.5, 0.6) is 5.75 Å². The lowest BCUT2D eigenvalue weighted by molar-refractivity contribution is 0.0597. The lowest BCUT2D eigenvalue weighted by atomic mass is 9.90. The number of hydrogen-bond acceptors (Lipinski definition) is 4. The van der Waals surface area contributed by atoms with E-state index in [-0.39, 0.29) is 0 Å². The van der Waals surface area contributed by atoms with Crippen molar-refractivity contribution in [2.45, 2.75) is 32.2 Å². The van der Waals surface area contributed by atoms with Gasteiger partial charge in [0.2, 0.25) is 0 Å². The predicted molar refractivity (Wildman–Crippen MR) is 106 cm³/mol. The zero-order valence-corrected chi connectivity index (χ0v) is 15.7. The fourth-order valence-electron chi connectivity index (χ4n) is 3.36. The summed E-state index contributed by atoms with van der Waals surface area (Å²) in [6.45, 7) is 0.381. The third kappa shape index (κ3) is 4.39. The van der Waals surface area contributed by atoms with Gasteiger partial charge in [0, 0.05) is 5.69 Å². The van der Waals surface area contributed by atoms with Crippen LogP contribution in [0.1, 0.15) is 39.9 Å². The number of rotatable bonds is 5. The van der Waals surface area contributed by atoms with E-state index in [0.717, 1.165) is 24.1 Å². The first-order valence-corrected chi connectivity index (χ1v) is 9.05. The number of aliphatic imine (C=N–C) groups is 1. The molecule has 0 aromatic heterocycles. The number of methoxy groups -OCH3 is 2. The van der Waals surface area contributed by atoms with Gasteiger partial charge >= 0.3 is 5.97 Å². The fraction of sp³-hybridized carbons (Fsp3) is 0.333. The van der Waals surface area contributed by atoms with Crippen LogP contribution in [0.2, 0.25) is 0 Å². The van der Waals surface area contributed by atoms with Crippen LogP contribution in [0.3, 0.4) is 0 Å². The van der Waals surface area contributed by atoms with E-state index < -0.39 is 5.97 Å². The summed E-state index contributed by atoms with van der Waals surface area (Å²) in [7, 11) is 2.86. The number of anilines is 1. The molecule has 0 saturated heterocycles. The highest BCUT2D eigenvalue weighted by atomic mass is 16.5. The second kappa shape index (κ2) is 8.58. The molecule has 2 aromatic carbocycles. The summed E-state index contributed by atoms with van der Waals surface area (Å²) in [4.78, 5) is 16.2. The van der Waals surface area contributed by atoms with E-state index in [9.17, 15) is 4.79 Å². The summed E-state index contributed by atoms with van der Waals surface area (Å²) in [5.74, 6) is 0.389. The van der Waals surface area contributed by atoms with Gasteiger partial charge < -0.3 is 20.5 Å². The predicted octanol–water partition coefficient (Wildman–Crippen LogP) is 3.29. The van der Waals surface area contributed by atoms with E-state index in [1.807, 2.05) is 12.1 Å². The largest absolute Gasteiger partial charge is 0.496 e. The van der Waals surface area contributed by atoms with E-state index in [2.05, 4.69) is 22.4 Å². The third-order valence-corrected chi connectivity index (χ3v) is 4.76. The Morgan fingerprint density at radius 2 is 2.00 bits per heavy atom. The van der Waals surface area contributed by atoms with Gasteiger partial charge in [-0.3, -0.25) is 0 Å². The van der Waals surface area contributed by atoms with E-state index in [0.29, 0.717) is 23.8 Å². The van der Waals surface area contributed by atoms with Crippen molar-refractivity contribution in [1.82, 2.24) is 0 Å². The van der Waals surface area contributed by atoms with Crippen molar-refractivity contribution in [1.29, 1.82) is 0 Å². The molecule has 0 bridgehead atoms. The summed E-state index contributed by atoms with van der Waals surface area (Å²) < 4.78 is 10.0. The summed E-state index contributed by atoms with van der Waals surface area (Å²) in [5, 5.41) is 3.23. The standard InChI is InChI=1S/C21H25N3O3/c1-26-19-12-14(10-11-17(19)20(25)27-2)13-23-21(22)24-18-9-5-7-15-6-3-4-8-16(15)18/h5,7,9-12H,3-4,6,8,13H2,1-2H3,(H3,22,23,24). The van der Waals surface area contributed by atoms with Gasteiger partial charge in [-0.1, -0.05) is 18.2 Å². The monoisotopic (exact) mass is 367 g/mol. The van der Waals surface area contributed by atoms with Gasteiger partial charge in [0.05, 0.1) is 20.8 Å². The molecule has 3 rings (SSSR count). The smallest absolute Gasteiger partial charge is 0.341 e. The molecule has 0 saturated carbocycles. The average molecular weight is 367 g/mol. The number of guanidine groups is 1. The fourth-order valence-corrected chi connectivity index (χ4v) is 3.36. The van der Waals surface area contributed by atoms with Crippen LogP contribution in [-0.2, 0) is 24.1 Å². The van der Waals surface area contributed by atoms with Gasteiger partial charge in [0.1, 0.15) is 11.3 Å². The first-order valence-electron chi connectivity index (χ1n) is 9.05. The number of aryl methyl sites for hydroxylation is 1. The Bertz CT molecular complexity index is 862. The molecule has 0 heterocycles. The van der Waals surface area contributed by atoms with Crippen LogP contribution in [0.25, 0.3) is 0 Å². The van der Waals surface area contributed by atoms with E-state index in [1.54, 1.807) is 12.1 Å². The number of nitrogens with two attached hydrogens (primary N) is 1. The first-order chi connectivity index (χ1) is 13.1. The Morgan fingerprint density at radius 3 is 2.78 bits per heavy atom. The molecule has 27 heavy (non-hydrogen) atoms. The molecule has 0 fully saturated rings. The van der Waals surface area contributed by atoms with Crippen molar-refractivity contribution < 1.29 is 14.3 Å². The summed E-state index contributed by atoms with van der Waals surface area (Å²) >= 11 is 0. The molecule has 0 radical (unpaired) electrons. The third-order valence-electron chi connectivity index (χ3n) is 4.76. The number of esters is 1.